The molecule has 1 saturated heterocycles. The van der Waals surface area contributed by atoms with Crippen LogP contribution < -0.4 is 11.3 Å². The van der Waals surface area contributed by atoms with Gasteiger partial charge in [-0.05, 0) is 6.42 Å². The first-order chi connectivity index (χ1) is 4.33. The first-order valence-corrected chi connectivity index (χ1v) is 3.38. The van der Waals surface area contributed by atoms with Crippen LogP contribution in [-0.4, -0.2) is 18.8 Å². The smallest absolute Gasteiger partial charge is 0.0786 e. The number of nitrogens with one attached hydrogen (secondary N) is 1. The monoisotopic (exact) mass is 130 g/mol. The van der Waals surface area contributed by atoms with E-state index >= 15 is 0 Å². The lowest BCUT2D eigenvalue weighted by atomic mass is 9.93. The summed E-state index contributed by atoms with van der Waals surface area (Å²) in [5.41, 5.74) is 2.91. The van der Waals surface area contributed by atoms with E-state index < -0.39 is 0 Å². The Hall–Kier alpha value is -0.120. The van der Waals surface area contributed by atoms with Crippen molar-refractivity contribution in [3.8, 4) is 0 Å². The SMILES string of the molecule is CCCC1(NN)COC1. The fourth-order valence-electron chi connectivity index (χ4n) is 1.13. The minimum atomic E-state index is 0.120. The van der Waals surface area contributed by atoms with Crippen LogP contribution in [0.25, 0.3) is 0 Å². The molecular weight excluding hydrogens is 116 g/mol. The van der Waals surface area contributed by atoms with Gasteiger partial charge in [-0.1, -0.05) is 13.3 Å². The van der Waals surface area contributed by atoms with Crippen LogP contribution in [-0.2, 0) is 4.74 Å². The molecule has 1 fully saturated rings. The van der Waals surface area contributed by atoms with Gasteiger partial charge < -0.3 is 4.74 Å². The van der Waals surface area contributed by atoms with Crippen LogP contribution in [0.1, 0.15) is 19.8 Å². The van der Waals surface area contributed by atoms with Gasteiger partial charge in [-0.25, -0.2) is 5.43 Å². The van der Waals surface area contributed by atoms with Gasteiger partial charge in [-0.15, -0.1) is 0 Å². The van der Waals surface area contributed by atoms with E-state index in [0.717, 1.165) is 26.1 Å². The predicted molar refractivity (Wildman–Crippen MR) is 35.8 cm³/mol. The van der Waals surface area contributed by atoms with E-state index in [0.29, 0.717) is 0 Å². The normalized spacial score (nSPS) is 23.3. The van der Waals surface area contributed by atoms with Crippen LogP contribution in [0, 0.1) is 0 Å². The summed E-state index contributed by atoms with van der Waals surface area (Å²) >= 11 is 0. The second kappa shape index (κ2) is 2.64. The third-order valence-electron chi connectivity index (χ3n) is 1.79. The Balaban J connectivity index is 2.28. The van der Waals surface area contributed by atoms with E-state index in [1.165, 1.54) is 0 Å². The molecule has 1 aliphatic heterocycles. The Morgan fingerprint density at radius 1 is 1.67 bits per heavy atom. The van der Waals surface area contributed by atoms with Gasteiger partial charge in [0.25, 0.3) is 0 Å². The van der Waals surface area contributed by atoms with Gasteiger partial charge in [0.05, 0.1) is 18.8 Å². The van der Waals surface area contributed by atoms with E-state index in [-0.39, 0.29) is 5.54 Å². The molecule has 0 spiro atoms. The van der Waals surface area contributed by atoms with Crippen molar-refractivity contribution in [2.45, 2.75) is 25.3 Å². The summed E-state index contributed by atoms with van der Waals surface area (Å²) in [4.78, 5) is 0. The molecular formula is C6H14N2O. The molecule has 1 heterocycles. The largest absolute Gasteiger partial charge is 0.377 e. The molecule has 0 aromatic heterocycles. The molecule has 0 aromatic rings. The molecule has 9 heavy (non-hydrogen) atoms. The van der Waals surface area contributed by atoms with Crippen LogP contribution in [0.15, 0.2) is 0 Å². The molecule has 0 aromatic carbocycles. The quantitative estimate of drug-likeness (QED) is 0.418. The fourth-order valence-corrected chi connectivity index (χ4v) is 1.13. The Morgan fingerprint density at radius 3 is 2.44 bits per heavy atom. The average Bonchev–Trinajstić information content (AvgIpc) is 1.79. The zero-order chi connectivity index (χ0) is 6.74. The molecule has 0 saturated carbocycles. The van der Waals surface area contributed by atoms with E-state index in [2.05, 4.69) is 12.3 Å². The highest BCUT2D eigenvalue weighted by Gasteiger charge is 2.36. The number of hydrogen-bond acceptors (Lipinski definition) is 3. The molecule has 54 valence electrons. The molecule has 0 bridgehead atoms. The second-order valence-corrected chi connectivity index (χ2v) is 2.67. The van der Waals surface area contributed by atoms with Gasteiger partial charge in [0.1, 0.15) is 0 Å². The third-order valence-corrected chi connectivity index (χ3v) is 1.79. The predicted octanol–water partition coefficient (Wildman–Crippen LogP) is 0.0188. The number of ether oxygens (including phenoxy) is 1. The molecule has 0 unspecified atom stereocenters. The first-order valence-electron chi connectivity index (χ1n) is 3.38. The van der Waals surface area contributed by atoms with Crippen LogP contribution in [0.3, 0.4) is 0 Å². The standard InChI is InChI=1S/C6H14N2O/c1-2-3-6(8-7)4-9-5-6/h8H,2-5,7H2,1H3. The maximum absolute atomic E-state index is 5.32. The maximum Gasteiger partial charge on any atom is 0.0786 e. The summed E-state index contributed by atoms with van der Waals surface area (Å²) in [5, 5.41) is 0. The van der Waals surface area contributed by atoms with Crippen LogP contribution >= 0.6 is 0 Å². The molecule has 1 rings (SSSR count). The Morgan fingerprint density at radius 2 is 2.33 bits per heavy atom. The van der Waals surface area contributed by atoms with E-state index in [1.54, 1.807) is 0 Å². The summed E-state index contributed by atoms with van der Waals surface area (Å²) in [5.74, 6) is 5.32. The zero-order valence-corrected chi connectivity index (χ0v) is 5.81. The Kier molecular flexibility index (Phi) is 2.05. The first kappa shape index (κ1) is 6.99. The van der Waals surface area contributed by atoms with Crippen molar-refractivity contribution in [3.05, 3.63) is 0 Å². The van der Waals surface area contributed by atoms with Crippen molar-refractivity contribution in [2.24, 2.45) is 5.84 Å². The lowest BCUT2D eigenvalue weighted by Gasteiger charge is -2.40. The van der Waals surface area contributed by atoms with Gasteiger partial charge in [0, 0.05) is 0 Å². The van der Waals surface area contributed by atoms with E-state index in [1.807, 2.05) is 0 Å². The minimum Gasteiger partial charge on any atom is -0.377 e. The topological polar surface area (TPSA) is 47.3 Å². The molecule has 0 aliphatic carbocycles. The number of hydrazine groups is 1. The molecule has 3 N–H and O–H groups in total. The van der Waals surface area contributed by atoms with Crippen molar-refractivity contribution < 1.29 is 4.74 Å². The molecule has 0 amide bonds. The Bertz CT molecular complexity index is 85.5. The Labute approximate surface area is 55.5 Å². The average molecular weight is 130 g/mol. The third kappa shape index (κ3) is 1.23. The summed E-state index contributed by atoms with van der Waals surface area (Å²) in [6, 6.07) is 0. The molecule has 3 nitrogen and oxygen atoms in total. The molecule has 3 heteroatoms. The van der Waals surface area contributed by atoms with Gasteiger partial charge in [0.2, 0.25) is 0 Å². The van der Waals surface area contributed by atoms with E-state index in [4.69, 9.17) is 10.6 Å². The highest BCUT2D eigenvalue weighted by Crippen LogP contribution is 2.20. The highest BCUT2D eigenvalue weighted by atomic mass is 16.5. The molecule has 0 radical (unpaired) electrons. The summed E-state index contributed by atoms with van der Waals surface area (Å²) < 4.78 is 5.04. The number of nitrogens with two attached hydrogens (primary N) is 1. The molecule has 0 atom stereocenters. The van der Waals surface area contributed by atoms with Crippen LogP contribution in [0.4, 0.5) is 0 Å². The summed E-state index contributed by atoms with van der Waals surface area (Å²) in [7, 11) is 0. The summed E-state index contributed by atoms with van der Waals surface area (Å²) in [6.07, 6.45) is 2.27. The van der Waals surface area contributed by atoms with Crippen LogP contribution in [0.5, 0.6) is 0 Å². The van der Waals surface area contributed by atoms with Crippen molar-refractivity contribution in [3.63, 3.8) is 0 Å². The lowest BCUT2D eigenvalue weighted by molar-refractivity contribution is -0.0786. The van der Waals surface area contributed by atoms with E-state index in [9.17, 15) is 0 Å². The van der Waals surface area contributed by atoms with Crippen molar-refractivity contribution in [2.75, 3.05) is 13.2 Å². The zero-order valence-electron chi connectivity index (χ0n) is 5.81. The van der Waals surface area contributed by atoms with Gasteiger partial charge in [-0.3, -0.25) is 5.84 Å². The van der Waals surface area contributed by atoms with Crippen molar-refractivity contribution in [1.82, 2.24) is 5.43 Å². The maximum atomic E-state index is 5.32. The van der Waals surface area contributed by atoms with Gasteiger partial charge in [0.15, 0.2) is 0 Å². The minimum absolute atomic E-state index is 0.120. The van der Waals surface area contributed by atoms with Crippen molar-refractivity contribution in [1.29, 1.82) is 0 Å². The highest BCUT2D eigenvalue weighted by molar-refractivity contribution is 4.91. The number of rotatable bonds is 3. The fraction of sp³-hybridized carbons (Fsp3) is 1.00. The van der Waals surface area contributed by atoms with Gasteiger partial charge >= 0.3 is 0 Å². The molecule has 1 aliphatic rings. The number of hydrogen-bond donors (Lipinski definition) is 2. The lowest BCUT2D eigenvalue weighted by Crippen LogP contribution is -2.62. The van der Waals surface area contributed by atoms with Crippen molar-refractivity contribution >= 4 is 0 Å². The van der Waals surface area contributed by atoms with Gasteiger partial charge in [-0.2, -0.15) is 0 Å². The van der Waals surface area contributed by atoms with Crippen LogP contribution in [0.2, 0.25) is 0 Å². The second-order valence-electron chi connectivity index (χ2n) is 2.67. The summed E-state index contributed by atoms with van der Waals surface area (Å²) in [6.45, 7) is 3.70.